The lowest BCUT2D eigenvalue weighted by Crippen LogP contribution is -2.33. The van der Waals surface area contributed by atoms with Crippen molar-refractivity contribution in [3.63, 3.8) is 0 Å². The van der Waals surface area contributed by atoms with Gasteiger partial charge in [0.1, 0.15) is 0 Å². The van der Waals surface area contributed by atoms with E-state index in [0.29, 0.717) is 164 Å². The van der Waals surface area contributed by atoms with E-state index in [0.717, 1.165) is 58.0 Å². The van der Waals surface area contributed by atoms with Gasteiger partial charge in [0.05, 0.1) is 167 Å². The monoisotopic (exact) mass is 1500 g/mol. The number of halogens is 6. The maximum atomic E-state index is 13.3. The number of hydrogen-bond donors (Lipinski definition) is 4. The second-order valence-corrected chi connectivity index (χ2v) is 29.8. The predicted octanol–water partition coefficient (Wildman–Crippen LogP) is 15.9. The lowest BCUT2D eigenvalue weighted by Gasteiger charge is -2.28. The van der Waals surface area contributed by atoms with Crippen molar-refractivity contribution in [2.24, 2.45) is 5.92 Å². The minimum Gasteiger partial charge on any atom is -0.377 e. The highest BCUT2D eigenvalue weighted by molar-refractivity contribution is 6.38. The van der Waals surface area contributed by atoms with Gasteiger partial charge in [-0.15, -0.1) is 0 Å². The maximum absolute atomic E-state index is 13.3. The Morgan fingerprint density at radius 1 is 0.500 bits per heavy atom. The molecular formula is C79H90Cl4F2N8O11. The first-order chi connectivity index (χ1) is 50.4. The molecule has 9 heterocycles. The minimum absolute atomic E-state index is 0.0500. The van der Waals surface area contributed by atoms with E-state index in [4.69, 9.17) is 79.6 Å². The Balaban J connectivity index is 0.000000124. The fourth-order valence-corrected chi connectivity index (χ4v) is 15.9. The Bertz CT molecular complexity index is 4470. The van der Waals surface area contributed by atoms with Crippen LogP contribution in [0.1, 0.15) is 162 Å². The standard InChI is InChI=1S/C25H27ClN2O2.C19H23ClN2O3.C18H21ClN2O4.C17H19ClF2N2O2/c26-22-11-6-12-23-24(22)21(14-28(23)19-15-30-16-19)25(29)27-13-20(18-9-4-5-10-18)17-7-2-1-3-8-17;20-16-6-3-7-17-18(16)15(10-22(17)13-11-24-12-13)19(23)21-8-9-25-14-4-1-2-5-14;1-18(24-7-8-25-18)5-6-20-17(22)13-9-21(12-10-23-11-12)15-4-2-3-14(19)16(13)15;1-17(19,20)6-3-7-21-16(23)12-8-22(11-9-24-10-11)14-5-2-4-13(18)15(12)14/h1-3,6-8,11-12,14,18-20H,4-5,9-10,13,15-16H2,(H,27,29);3,6-7,10,13-14H,1-2,4-5,8-9,11-12H2,(H,21,23);2-4,9,12H,5-8,10-11H2,1H3,(H,20,22);2,4-5,8,11H,3,6-7,9-10H2,1H3,(H,21,23). The number of nitrogens with one attached hydrogen (secondary N) is 4. The summed E-state index contributed by atoms with van der Waals surface area (Å²) in [5.41, 5.74) is 7.45. The molecule has 4 aromatic heterocycles. The molecule has 5 aromatic carbocycles. The molecule has 5 aliphatic heterocycles. The molecule has 104 heavy (non-hydrogen) atoms. The van der Waals surface area contributed by atoms with Crippen LogP contribution in [0.3, 0.4) is 0 Å². The van der Waals surface area contributed by atoms with Crippen molar-refractivity contribution in [2.75, 3.05) is 98.9 Å². The zero-order valence-corrected chi connectivity index (χ0v) is 61.6. The van der Waals surface area contributed by atoms with Crippen molar-refractivity contribution >= 4 is 114 Å². The molecule has 7 fully saturated rings. The van der Waals surface area contributed by atoms with Crippen molar-refractivity contribution in [1.29, 1.82) is 0 Å². The summed E-state index contributed by atoms with van der Waals surface area (Å²) in [6.07, 6.45) is 18.3. The summed E-state index contributed by atoms with van der Waals surface area (Å²) in [4.78, 5) is 51.2. The van der Waals surface area contributed by atoms with Gasteiger partial charge >= 0.3 is 0 Å². The van der Waals surface area contributed by atoms with Crippen LogP contribution in [0.5, 0.6) is 0 Å². The van der Waals surface area contributed by atoms with Gasteiger partial charge < -0.3 is 72.7 Å². The van der Waals surface area contributed by atoms with Crippen LogP contribution in [-0.4, -0.2) is 159 Å². The maximum Gasteiger partial charge on any atom is 0.253 e. The van der Waals surface area contributed by atoms with Crippen molar-refractivity contribution in [3.05, 3.63) is 176 Å². The zero-order valence-electron chi connectivity index (χ0n) is 58.6. The van der Waals surface area contributed by atoms with Gasteiger partial charge in [0.25, 0.3) is 23.6 Å². The number of nitrogens with zero attached hydrogens (tertiary/aromatic N) is 4. The average Bonchev–Trinajstić information content (AvgIpc) is 1.64. The summed E-state index contributed by atoms with van der Waals surface area (Å²) in [6.45, 7) is 11.6. The molecule has 2 aliphatic carbocycles. The largest absolute Gasteiger partial charge is 0.377 e. The highest BCUT2D eigenvalue weighted by atomic mass is 35.5. The number of fused-ring (bicyclic) bond motifs is 4. The van der Waals surface area contributed by atoms with E-state index >= 15 is 0 Å². The third-order valence-electron chi connectivity index (χ3n) is 20.8. The fourth-order valence-electron chi connectivity index (χ4n) is 14.9. The Hall–Kier alpha value is -7.12. The van der Waals surface area contributed by atoms with Crippen molar-refractivity contribution in [1.82, 2.24) is 39.5 Å². The van der Waals surface area contributed by atoms with Crippen molar-refractivity contribution in [3.8, 4) is 0 Å². The van der Waals surface area contributed by atoms with E-state index in [2.05, 4.69) is 65.3 Å². The fraction of sp³-hybridized carbons (Fsp3) is 0.468. The quantitative estimate of drug-likeness (QED) is 0.0444. The smallest absolute Gasteiger partial charge is 0.253 e. The van der Waals surface area contributed by atoms with Gasteiger partial charge in [-0.25, -0.2) is 8.78 Å². The van der Waals surface area contributed by atoms with Crippen LogP contribution in [0.15, 0.2) is 128 Å². The van der Waals surface area contributed by atoms with Crippen LogP contribution in [0.2, 0.25) is 20.1 Å². The average molecular weight is 1510 g/mol. The summed E-state index contributed by atoms with van der Waals surface area (Å²) in [6, 6.07) is 34.3. The molecule has 0 spiro atoms. The van der Waals surface area contributed by atoms with E-state index < -0.39 is 11.7 Å². The first-order valence-electron chi connectivity index (χ1n) is 36.3. The zero-order chi connectivity index (χ0) is 72.5. The first kappa shape index (κ1) is 75.1. The topological polar surface area (TPSA) is 201 Å². The molecule has 4 amide bonds. The van der Waals surface area contributed by atoms with E-state index in [1.54, 1.807) is 12.3 Å². The SMILES string of the molecule is CC(F)(F)CCCNC(=O)c1cn(C2COC2)c2cccc(Cl)c12.CC1(CCNC(=O)c2cn(C3COC3)c3cccc(Cl)c23)OCCO1.O=C(NCC(c1ccccc1)C1CCCC1)c1cn(C2COC2)c2cccc(Cl)c12.O=C(NCCOC1CCCC1)c1cn(C2COC2)c2cccc(Cl)c12. The Labute approximate surface area is 623 Å². The summed E-state index contributed by atoms with van der Waals surface area (Å²) >= 11 is 25.6. The summed E-state index contributed by atoms with van der Waals surface area (Å²) in [7, 11) is 0. The van der Waals surface area contributed by atoms with Gasteiger partial charge in [0.15, 0.2) is 5.79 Å². The van der Waals surface area contributed by atoms with Crippen LogP contribution in [-0.2, 0) is 33.2 Å². The summed E-state index contributed by atoms with van der Waals surface area (Å²) in [5, 5.41) is 17.3. The summed E-state index contributed by atoms with van der Waals surface area (Å²) < 4.78 is 72.1. The van der Waals surface area contributed by atoms with Gasteiger partial charge in [-0.2, -0.15) is 0 Å². The number of hydrogen-bond acceptors (Lipinski definition) is 11. The molecule has 9 aromatic rings. The number of carbonyl (C=O) groups excluding carboxylic acids is 4. The molecule has 4 N–H and O–H groups in total. The van der Waals surface area contributed by atoms with Crippen molar-refractivity contribution in [2.45, 2.75) is 132 Å². The Morgan fingerprint density at radius 3 is 1.24 bits per heavy atom. The molecule has 0 radical (unpaired) electrons. The molecule has 16 rings (SSSR count). The van der Waals surface area contributed by atoms with Crippen molar-refractivity contribution < 1.29 is 61.1 Å². The van der Waals surface area contributed by atoms with Gasteiger partial charge in [-0.1, -0.05) is 127 Å². The van der Waals surface area contributed by atoms with Gasteiger partial charge in [-0.05, 0) is 106 Å². The number of rotatable bonds is 23. The highest BCUT2D eigenvalue weighted by Gasteiger charge is 2.34. The minimum atomic E-state index is -2.71. The number of carbonyl (C=O) groups is 4. The van der Waals surface area contributed by atoms with E-state index in [1.165, 1.54) is 44.1 Å². The molecule has 0 bridgehead atoms. The van der Waals surface area contributed by atoms with Crippen LogP contribution in [0.4, 0.5) is 8.78 Å². The molecule has 5 saturated heterocycles. The molecule has 1 atom stereocenters. The number of alkyl halides is 2. The number of benzene rings is 5. The molecule has 7 aliphatic rings. The van der Waals surface area contributed by atoms with Crippen LogP contribution < -0.4 is 21.3 Å². The van der Waals surface area contributed by atoms with E-state index in [1.807, 2.05) is 96.8 Å². The molecule has 19 nitrogen and oxygen atoms in total. The van der Waals surface area contributed by atoms with Gasteiger partial charge in [-0.3, -0.25) is 19.2 Å². The molecule has 554 valence electrons. The van der Waals surface area contributed by atoms with Gasteiger partial charge in [0.2, 0.25) is 5.92 Å². The summed E-state index contributed by atoms with van der Waals surface area (Å²) in [5.74, 6) is -2.94. The third-order valence-corrected chi connectivity index (χ3v) is 22.1. The highest BCUT2D eigenvalue weighted by Crippen LogP contribution is 2.40. The number of ether oxygens (including phenoxy) is 7. The Kier molecular flexibility index (Phi) is 24.7. The predicted molar refractivity (Wildman–Crippen MR) is 401 cm³/mol. The Morgan fingerprint density at radius 2 is 0.865 bits per heavy atom. The second-order valence-electron chi connectivity index (χ2n) is 28.2. The van der Waals surface area contributed by atoms with E-state index in [-0.39, 0.29) is 67.2 Å². The van der Waals surface area contributed by atoms with Gasteiger partial charge in [0, 0.05) is 91.3 Å². The van der Waals surface area contributed by atoms with Crippen LogP contribution in [0, 0.1) is 5.92 Å². The lowest BCUT2D eigenvalue weighted by molar-refractivity contribution is -0.145. The third kappa shape index (κ3) is 17.5. The molecule has 1 unspecified atom stereocenters. The number of aromatic nitrogens is 4. The molecular weight excluding hydrogens is 1420 g/mol. The lowest BCUT2D eigenvalue weighted by atomic mass is 9.84. The van der Waals surface area contributed by atoms with Crippen LogP contribution >= 0.6 is 46.4 Å². The normalized spacial score (nSPS) is 18.2. The molecule has 2 saturated carbocycles. The molecule has 25 heteroatoms. The second kappa shape index (κ2) is 34.2. The first-order valence-corrected chi connectivity index (χ1v) is 37.8. The van der Waals surface area contributed by atoms with E-state index in [9.17, 15) is 28.0 Å². The van der Waals surface area contributed by atoms with Crippen LogP contribution in [0.25, 0.3) is 43.6 Å². The number of amides is 4.